The van der Waals surface area contributed by atoms with Crippen molar-refractivity contribution in [2.24, 2.45) is 13.0 Å². The summed E-state index contributed by atoms with van der Waals surface area (Å²) in [6, 6.07) is 16.2. The lowest BCUT2D eigenvalue weighted by atomic mass is 9.95. The molecular weight excluding hydrogens is 410 g/mol. The minimum absolute atomic E-state index is 0.595. The molecule has 33 heavy (non-hydrogen) atoms. The molecule has 1 N–H and O–H groups in total. The summed E-state index contributed by atoms with van der Waals surface area (Å²) in [5, 5.41) is 24.2. The van der Waals surface area contributed by atoms with Gasteiger partial charge in [-0.3, -0.25) is 14.3 Å². The van der Waals surface area contributed by atoms with Crippen molar-refractivity contribution in [3.63, 3.8) is 0 Å². The monoisotopic (exact) mass is 433 g/mol. The summed E-state index contributed by atoms with van der Waals surface area (Å²) in [6.45, 7) is 3.00. The molecule has 2 aromatic carbocycles. The molecule has 6 rings (SSSR count). The highest BCUT2D eigenvalue weighted by Crippen LogP contribution is 2.37. The van der Waals surface area contributed by atoms with Crippen LogP contribution in [0.1, 0.15) is 12.0 Å². The third-order valence-corrected chi connectivity index (χ3v) is 6.41. The number of aryl methyl sites for hydroxylation is 1. The zero-order valence-electron chi connectivity index (χ0n) is 18.4. The van der Waals surface area contributed by atoms with Gasteiger partial charge in [-0.1, -0.05) is 18.2 Å². The SMILES string of the molecule is Cn1cc2cc(-c3ncc4nn(C[C@@H]5CCNC5)cc4c3-c3ccc(C#N)cc3)ccc2n1. The molecule has 1 aliphatic rings. The lowest BCUT2D eigenvalue weighted by molar-refractivity contribution is 0.452. The van der Waals surface area contributed by atoms with Crippen LogP contribution in [0.5, 0.6) is 0 Å². The summed E-state index contributed by atoms with van der Waals surface area (Å²) in [7, 11) is 1.93. The fourth-order valence-corrected chi connectivity index (χ4v) is 4.79. The third kappa shape index (κ3) is 3.55. The summed E-state index contributed by atoms with van der Waals surface area (Å²) >= 11 is 0. The van der Waals surface area contributed by atoms with E-state index in [9.17, 15) is 5.26 Å². The molecule has 7 heteroatoms. The first-order valence-corrected chi connectivity index (χ1v) is 11.2. The van der Waals surface area contributed by atoms with Gasteiger partial charge in [-0.25, -0.2) is 0 Å². The van der Waals surface area contributed by atoms with Crippen molar-refractivity contribution in [1.29, 1.82) is 5.26 Å². The quantitative estimate of drug-likeness (QED) is 0.461. The normalized spacial score (nSPS) is 15.9. The molecule has 0 saturated carbocycles. The lowest BCUT2D eigenvalue weighted by Crippen LogP contribution is -2.14. The topological polar surface area (TPSA) is 84.4 Å². The van der Waals surface area contributed by atoms with Gasteiger partial charge in [0.2, 0.25) is 0 Å². The predicted octanol–water partition coefficient (Wildman–Crippen LogP) is 4.13. The van der Waals surface area contributed by atoms with Gasteiger partial charge in [0.15, 0.2) is 0 Å². The second-order valence-corrected chi connectivity index (χ2v) is 8.76. The van der Waals surface area contributed by atoms with Gasteiger partial charge in [-0.05, 0) is 55.3 Å². The Balaban J connectivity index is 1.54. The molecule has 162 valence electrons. The average molecular weight is 434 g/mol. The number of fused-ring (bicyclic) bond motifs is 2. The van der Waals surface area contributed by atoms with Crippen molar-refractivity contribution in [2.45, 2.75) is 13.0 Å². The van der Waals surface area contributed by atoms with Crippen molar-refractivity contribution in [3.05, 3.63) is 66.6 Å². The molecular formula is C26H23N7. The minimum Gasteiger partial charge on any atom is -0.316 e. The Morgan fingerprint density at radius 3 is 2.70 bits per heavy atom. The van der Waals surface area contributed by atoms with Gasteiger partial charge >= 0.3 is 0 Å². The summed E-state index contributed by atoms with van der Waals surface area (Å²) in [5.41, 5.74) is 6.48. The zero-order chi connectivity index (χ0) is 22.4. The zero-order valence-corrected chi connectivity index (χ0v) is 18.4. The molecule has 1 fully saturated rings. The maximum Gasteiger partial charge on any atom is 0.111 e. The highest BCUT2D eigenvalue weighted by Gasteiger charge is 2.19. The molecule has 3 aromatic heterocycles. The Morgan fingerprint density at radius 1 is 1.06 bits per heavy atom. The van der Waals surface area contributed by atoms with E-state index in [2.05, 4.69) is 39.5 Å². The number of nitrogens with zero attached hydrogens (tertiary/aromatic N) is 6. The largest absolute Gasteiger partial charge is 0.316 e. The minimum atomic E-state index is 0.595. The van der Waals surface area contributed by atoms with Gasteiger partial charge in [0.25, 0.3) is 0 Å². The maximum atomic E-state index is 9.26. The molecule has 0 unspecified atom stereocenters. The van der Waals surface area contributed by atoms with Crippen molar-refractivity contribution in [2.75, 3.05) is 13.1 Å². The van der Waals surface area contributed by atoms with Gasteiger partial charge in [-0.15, -0.1) is 0 Å². The first-order chi connectivity index (χ1) is 16.2. The molecule has 1 atom stereocenters. The van der Waals surface area contributed by atoms with E-state index in [1.165, 1.54) is 6.42 Å². The first-order valence-electron chi connectivity index (χ1n) is 11.2. The molecule has 1 saturated heterocycles. The van der Waals surface area contributed by atoms with Crippen LogP contribution in [-0.4, -0.2) is 37.6 Å². The highest BCUT2D eigenvalue weighted by atomic mass is 15.3. The van der Waals surface area contributed by atoms with E-state index in [1.807, 2.05) is 54.5 Å². The summed E-state index contributed by atoms with van der Waals surface area (Å²) in [4.78, 5) is 4.87. The Hall–Kier alpha value is -4.02. The van der Waals surface area contributed by atoms with Crippen LogP contribution in [0.25, 0.3) is 44.2 Å². The number of aromatic nitrogens is 5. The lowest BCUT2D eigenvalue weighted by Gasteiger charge is -2.11. The van der Waals surface area contributed by atoms with Crippen LogP contribution in [0.2, 0.25) is 0 Å². The van der Waals surface area contributed by atoms with Crippen LogP contribution in [0.15, 0.2) is 61.1 Å². The van der Waals surface area contributed by atoms with Gasteiger partial charge in [0, 0.05) is 47.9 Å². The Morgan fingerprint density at radius 2 is 1.91 bits per heavy atom. The highest BCUT2D eigenvalue weighted by molar-refractivity contribution is 6.01. The van der Waals surface area contributed by atoms with Crippen molar-refractivity contribution < 1.29 is 0 Å². The van der Waals surface area contributed by atoms with Crippen LogP contribution in [-0.2, 0) is 13.6 Å². The van der Waals surface area contributed by atoms with E-state index in [4.69, 9.17) is 10.1 Å². The van der Waals surface area contributed by atoms with Gasteiger partial charge in [0.1, 0.15) is 5.52 Å². The molecule has 0 radical (unpaired) electrons. The van der Waals surface area contributed by atoms with E-state index < -0.39 is 0 Å². The average Bonchev–Trinajstić information content (AvgIpc) is 3.57. The second kappa shape index (κ2) is 7.84. The van der Waals surface area contributed by atoms with Crippen LogP contribution in [0, 0.1) is 17.2 Å². The Labute approximate surface area is 191 Å². The molecule has 0 bridgehead atoms. The number of nitriles is 1. The van der Waals surface area contributed by atoms with Crippen molar-refractivity contribution in [3.8, 4) is 28.5 Å². The number of nitrogens with one attached hydrogen (secondary N) is 1. The molecule has 5 aromatic rings. The number of hydrogen-bond donors (Lipinski definition) is 1. The van der Waals surface area contributed by atoms with Crippen LogP contribution >= 0.6 is 0 Å². The smallest absolute Gasteiger partial charge is 0.111 e. The van der Waals surface area contributed by atoms with E-state index in [0.29, 0.717) is 11.5 Å². The second-order valence-electron chi connectivity index (χ2n) is 8.76. The van der Waals surface area contributed by atoms with E-state index in [1.54, 1.807) is 0 Å². The first kappa shape index (κ1) is 19.6. The fraction of sp³-hybridized carbons (Fsp3) is 0.231. The molecule has 0 amide bonds. The Kier molecular flexibility index (Phi) is 4.67. The summed E-state index contributed by atoms with van der Waals surface area (Å²) < 4.78 is 3.89. The number of rotatable bonds is 4. The van der Waals surface area contributed by atoms with Gasteiger partial charge in [0.05, 0.1) is 29.0 Å². The van der Waals surface area contributed by atoms with Gasteiger partial charge in [-0.2, -0.15) is 15.5 Å². The Bertz CT molecular complexity index is 1510. The van der Waals surface area contributed by atoms with Crippen LogP contribution in [0.4, 0.5) is 0 Å². The molecule has 4 heterocycles. The van der Waals surface area contributed by atoms with E-state index >= 15 is 0 Å². The molecule has 0 aliphatic carbocycles. The van der Waals surface area contributed by atoms with Crippen molar-refractivity contribution >= 4 is 21.8 Å². The molecule has 1 aliphatic heterocycles. The van der Waals surface area contributed by atoms with Gasteiger partial charge < -0.3 is 5.32 Å². The van der Waals surface area contributed by atoms with E-state index in [0.717, 1.165) is 63.8 Å². The standard InChI is InChI=1S/C26H23N7/c1-32-15-21-10-20(6-7-23(21)30-32)26-25(19-4-2-17(11-27)3-5-19)22-16-33(31-24(22)13-29-26)14-18-8-9-28-12-18/h2-7,10,13,15-16,18,28H,8-9,12,14H2,1H3/t18-/m1/s1. The molecule has 7 nitrogen and oxygen atoms in total. The van der Waals surface area contributed by atoms with Crippen LogP contribution in [0.3, 0.4) is 0 Å². The predicted molar refractivity (Wildman–Crippen MR) is 128 cm³/mol. The number of pyridine rings is 1. The van der Waals surface area contributed by atoms with E-state index in [-0.39, 0.29) is 0 Å². The van der Waals surface area contributed by atoms with Crippen molar-refractivity contribution in [1.82, 2.24) is 29.9 Å². The number of hydrogen-bond acceptors (Lipinski definition) is 5. The summed E-state index contributed by atoms with van der Waals surface area (Å²) in [5.74, 6) is 0.595. The van der Waals surface area contributed by atoms with Crippen LogP contribution < -0.4 is 5.32 Å². The summed E-state index contributed by atoms with van der Waals surface area (Å²) in [6.07, 6.45) is 7.21. The number of benzene rings is 2. The molecule has 0 spiro atoms. The fourth-order valence-electron chi connectivity index (χ4n) is 4.79. The maximum absolute atomic E-state index is 9.26. The third-order valence-electron chi connectivity index (χ3n) is 6.41.